The van der Waals surface area contributed by atoms with Crippen LogP contribution in [0.1, 0.15) is 111 Å². The summed E-state index contributed by atoms with van der Waals surface area (Å²) in [5.41, 5.74) is 1.46. The van der Waals surface area contributed by atoms with E-state index in [9.17, 15) is 0 Å². The Morgan fingerprint density at radius 2 is 0.672 bits per heavy atom. The Morgan fingerprint density at radius 3 is 0.922 bits per heavy atom. The first kappa shape index (κ1) is 51.3. The zero-order valence-electron chi connectivity index (χ0n) is 40.2. The van der Waals surface area contributed by atoms with Crippen molar-refractivity contribution in [2.45, 2.75) is 156 Å². The molecule has 3 aliphatic rings. The van der Waals surface area contributed by atoms with E-state index in [0.29, 0.717) is 0 Å². The molecule has 2 radical (unpaired) electrons. The normalized spacial score (nSPS) is 20.5. The van der Waals surface area contributed by atoms with E-state index in [-0.39, 0.29) is 33.6 Å². The van der Waals surface area contributed by atoms with Crippen LogP contribution in [0, 0.1) is 7.14 Å². The van der Waals surface area contributed by atoms with Crippen molar-refractivity contribution >= 4 is 129 Å². The fraction of sp³-hybridized carbons (Fsp3) is 0.500. The second-order valence-corrected chi connectivity index (χ2v) is 23.4. The molecule has 64 heavy (non-hydrogen) atoms. The van der Waals surface area contributed by atoms with Crippen LogP contribution in [0.25, 0.3) is 43.9 Å². The van der Waals surface area contributed by atoms with Gasteiger partial charge in [-0.25, -0.2) is 0 Å². The van der Waals surface area contributed by atoms with Gasteiger partial charge in [-0.1, -0.05) is 24.3 Å². The first-order valence-electron chi connectivity index (χ1n) is 21.6. The van der Waals surface area contributed by atoms with Crippen molar-refractivity contribution in [1.82, 2.24) is 0 Å². The molecule has 0 atom stereocenters. The third-order valence-corrected chi connectivity index (χ3v) is 15.1. The van der Waals surface area contributed by atoms with Gasteiger partial charge in [0.2, 0.25) is 0 Å². The van der Waals surface area contributed by atoms with Crippen molar-refractivity contribution in [3.05, 3.63) is 79.9 Å². The number of hydrogen-bond donors (Lipinski definition) is 2. The molecule has 10 nitrogen and oxygen atoms in total. The molecule has 6 aromatic rings. The Hall–Kier alpha value is -2.12. The Bertz CT molecular complexity index is 2430. The highest BCUT2D eigenvalue weighted by atomic mass is 127. The largest absolute Gasteiger partial charge is 0.494 e. The number of halogens is 2. The maximum Gasteiger partial charge on any atom is 0.494 e. The molecule has 4 aromatic carbocycles. The van der Waals surface area contributed by atoms with Crippen LogP contribution in [0.3, 0.4) is 0 Å². The first-order valence-corrected chi connectivity index (χ1v) is 23.8. The molecular weight excluding hydrogens is 1030 g/mol. The molecule has 9 rings (SSSR count). The maximum absolute atomic E-state index is 9.10. The average molecular weight is 1100 g/mol. The number of furan rings is 2. The van der Waals surface area contributed by atoms with Gasteiger partial charge in [0.05, 0.1) is 44.8 Å². The lowest BCUT2D eigenvalue weighted by atomic mass is 9.63. The fourth-order valence-electron chi connectivity index (χ4n) is 6.67. The molecule has 0 saturated carbocycles. The molecule has 3 saturated heterocycles. The first-order chi connectivity index (χ1) is 29.1. The maximum atomic E-state index is 9.10. The van der Waals surface area contributed by atoms with Gasteiger partial charge in [0, 0.05) is 28.7 Å². The molecule has 2 aromatic heterocycles. The lowest BCUT2D eigenvalue weighted by Gasteiger charge is -2.32. The van der Waals surface area contributed by atoms with E-state index in [0.717, 1.165) is 44.0 Å². The van der Waals surface area contributed by atoms with Gasteiger partial charge in [-0.15, -0.1) is 0 Å². The monoisotopic (exact) mass is 1100 g/mol. The topological polar surface area (TPSA) is 122 Å². The third kappa shape index (κ3) is 10.6. The van der Waals surface area contributed by atoms with Crippen molar-refractivity contribution in [3.63, 3.8) is 0 Å². The summed E-state index contributed by atoms with van der Waals surface area (Å²) in [6.07, 6.45) is 0. The predicted octanol–water partition coefficient (Wildman–Crippen LogP) is 10.3. The highest BCUT2D eigenvalue weighted by Crippen LogP contribution is 2.39. The molecule has 3 aliphatic heterocycles. The quantitative estimate of drug-likeness (QED) is 0.131. The Kier molecular flexibility index (Phi) is 14.2. The summed E-state index contributed by atoms with van der Waals surface area (Å²) >= 11 is 4.65. The van der Waals surface area contributed by atoms with Gasteiger partial charge < -0.3 is 47.0 Å². The van der Waals surface area contributed by atoms with Crippen LogP contribution >= 0.6 is 45.2 Å². The minimum Gasteiger partial charge on any atom is -0.456 e. The highest BCUT2D eigenvalue weighted by Gasteiger charge is 2.53. The van der Waals surface area contributed by atoms with Crippen LogP contribution in [-0.2, 0) is 27.9 Å². The summed E-state index contributed by atoms with van der Waals surface area (Å²) in [5, 5.41) is 22.7. The van der Waals surface area contributed by atoms with Gasteiger partial charge in [0.25, 0.3) is 0 Å². The number of fused-ring (bicyclic) bond motifs is 6. The van der Waals surface area contributed by atoms with E-state index < -0.39 is 32.4 Å². The van der Waals surface area contributed by atoms with Gasteiger partial charge >= 0.3 is 21.2 Å². The Labute approximate surface area is 408 Å². The van der Waals surface area contributed by atoms with Crippen molar-refractivity contribution in [1.29, 1.82) is 0 Å². The summed E-state index contributed by atoms with van der Waals surface area (Å²) in [6.45, 7) is 30.7. The van der Waals surface area contributed by atoms with Gasteiger partial charge in [-0.2, -0.15) is 0 Å². The summed E-state index contributed by atoms with van der Waals surface area (Å²) < 4.78 is 49.9. The minimum atomic E-state index is -1.01. The van der Waals surface area contributed by atoms with Crippen molar-refractivity contribution in [3.8, 4) is 0 Å². The van der Waals surface area contributed by atoms with E-state index >= 15 is 0 Å². The van der Waals surface area contributed by atoms with Crippen molar-refractivity contribution < 1.29 is 47.0 Å². The summed E-state index contributed by atoms with van der Waals surface area (Å²) in [5.74, 6) is 0. The Morgan fingerprint density at radius 1 is 0.422 bits per heavy atom. The van der Waals surface area contributed by atoms with Gasteiger partial charge in [0.1, 0.15) is 30.1 Å². The number of benzene rings is 4. The summed E-state index contributed by atoms with van der Waals surface area (Å²) in [7, 11) is 4.05. The molecule has 0 bridgehead atoms. The number of hydrogen-bond acceptors (Lipinski definition) is 10. The number of rotatable bonds is 3. The smallest absolute Gasteiger partial charge is 0.456 e. The minimum absolute atomic E-state index is 0.285. The number of aliphatic hydroxyl groups is 2. The third-order valence-electron chi connectivity index (χ3n) is 13.7. The second-order valence-electron chi connectivity index (χ2n) is 20.9. The van der Waals surface area contributed by atoms with Crippen LogP contribution < -0.4 is 10.9 Å². The van der Waals surface area contributed by atoms with E-state index in [1.165, 1.54) is 17.9 Å². The standard InChI is InChI=1S/C24H30B2O5.C12H6I2O.C6H12B2O2.C6H14O2/c1-21(2)22(3,4)29-25(28-21)15-9-11-19-17(13-15)18-14-16(10-12-20(18)27-19)26-30-23(5,6)24(7,8)31-26;13-7-1-3-11-9(5-7)10-6-8(14)2-4-12(10)15-11;1-5(2)6(3,4)10-8(7)9-5;1-5(2,7)6(3,4)8/h9-14H,1-8H3;1-6H;1-4H3;7-8H,1-4H3. The molecular formula is C48H62B4I2O10. The fourth-order valence-corrected chi connectivity index (χ4v) is 7.66. The van der Waals surface area contributed by atoms with Gasteiger partial charge in [-0.3, -0.25) is 0 Å². The molecule has 3 fully saturated rings. The van der Waals surface area contributed by atoms with E-state index in [2.05, 4.69) is 137 Å². The second kappa shape index (κ2) is 17.8. The summed E-state index contributed by atoms with van der Waals surface area (Å²) in [6, 6.07) is 24.8. The van der Waals surface area contributed by atoms with Crippen LogP contribution in [0.2, 0.25) is 0 Å². The average Bonchev–Trinajstić information content (AvgIpc) is 3.86. The molecule has 0 amide bonds. The molecule has 340 valence electrons. The summed E-state index contributed by atoms with van der Waals surface area (Å²) in [4.78, 5) is 0. The lowest BCUT2D eigenvalue weighted by Crippen LogP contribution is -2.44. The zero-order chi connectivity index (χ0) is 47.8. The van der Waals surface area contributed by atoms with Crippen LogP contribution in [0.4, 0.5) is 0 Å². The molecule has 2 N–H and O–H groups in total. The highest BCUT2D eigenvalue weighted by molar-refractivity contribution is 14.1. The molecule has 16 heteroatoms. The molecule has 5 heterocycles. The van der Waals surface area contributed by atoms with Crippen LogP contribution in [-0.4, -0.2) is 84.0 Å². The SMILES string of the molecule is CC(C)(O)C(C)(C)O.CC1(C)OB(c2ccc3oc4ccc(B5OC(C)(C)C(C)(C)O5)cc4c3c2)OC1(C)C.Ic1ccc2oc3ccc(I)cc3c2c1.[B]B1OC(C)(C)C(C)(C)O1. The van der Waals surface area contributed by atoms with E-state index in [4.69, 9.17) is 54.7 Å². The van der Waals surface area contributed by atoms with Crippen molar-refractivity contribution in [2.75, 3.05) is 0 Å². The van der Waals surface area contributed by atoms with Gasteiger partial charge in [-0.05, 0) is 215 Å². The molecule has 0 aliphatic carbocycles. The van der Waals surface area contributed by atoms with Gasteiger partial charge in [0.15, 0.2) is 0 Å². The predicted molar refractivity (Wildman–Crippen MR) is 279 cm³/mol. The Balaban J connectivity index is 0.000000169. The molecule has 0 spiro atoms. The lowest BCUT2D eigenvalue weighted by molar-refractivity contribution is -0.107. The van der Waals surface area contributed by atoms with E-state index in [1.54, 1.807) is 27.7 Å². The van der Waals surface area contributed by atoms with Crippen molar-refractivity contribution in [2.24, 2.45) is 0 Å². The zero-order valence-corrected chi connectivity index (χ0v) is 44.5. The molecule has 0 unspecified atom stereocenters. The van der Waals surface area contributed by atoms with E-state index in [1.807, 2.05) is 64.1 Å². The van der Waals surface area contributed by atoms with Crippen LogP contribution in [0.5, 0.6) is 0 Å². The van der Waals surface area contributed by atoms with Crippen LogP contribution in [0.15, 0.2) is 81.6 Å².